The lowest BCUT2D eigenvalue weighted by Crippen LogP contribution is -1.95. The molecule has 16 heavy (non-hydrogen) atoms. The van der Waals surface area contributed by atoms with Crippen LogP contribution >= 0.6 is 0 Å². The standard InChI is InChI=1S/C12H11FN2O/c1-2-12(16)11-7-10(14-15-11)8-4-3-5-9(13)6-8/h3-7H,2H2,1H3,(H,14,15). The fourth-order valence-electron chi connectivity index (χ4n) is 1.45. The van der Waals surface area contributed by atoms with Gasteiger partial charge >= 0.3 is 0 Å². The summed E-state index contributed by atoms with van der Waals surface area (Å²) in [5.74, 6) is -0.320. The number of hydrogen-bond donors (Lipinski definition) is 1. The second-order valence-corrected chi connectivity index (χ2v) is 3.45. The number of benzene rings is 1. The number of carbonyl (C=O) groups excluding carboxylic acids is 1. The van der Waals surface area contributed by atoms with Crippen LogP contribution in [0.15, 0.2) is 30.3 Å². The molecule has 1 aromatic heterocycles. The van der Waals surface area contributed by atoms with E-state index in [4.69, 9.17) is 0 Å². The Morgan fingerprint density at radius 1 is 1.44 bits per heavy atom. The average Bonchev–Trinajstić information content (AvgIpc) is 2.77. The van der Waals surface area contributed by atoms with Gasteiger partial charge in [0.25, 0.3) is 0 Å². The first-order valence-electron chi connectivity index (χ1n) is 5.05. The van der Waals surface area contributed by atoms with Gasteiger partial charge in [-0.1, -0.05) is 19.1 Å². The fourth-order valence-corrected chi connectivity index (χ4v) is 1.45. The SMILES string of the molecule is CCC(=O)c1cc(-c2cccc(F)c2)n[nH]1. The molecular formula is C12H11FN2O. The molecular weight excluding hydrogens is 207 g/mol. The number of rotatable bonds is 3. The van der Waals surface area contributed by atoms with E-state index in [1.54, 1.807) is 25.1 Å². The number of ketones is 1. The molecule has 3 nitrogen and oxygen atoms in total. The molecule has 0 atom stereocenters. The summed E-state index contributed by atoms with van der Waals surface area (Å²) in [6.45, 7) is 1.78. The number of Topliss-reactive ketones (excluding diaryl/α,β-unsaturated/α-hetero) is 1. The Balaban J connectivity index is 2.35. The maximum atomic E-state index is 13.0. The summed E-state index contributed by atoms with van der Waals surface area (Å²) in [6, 6.07) is 7.76. The first kappa shape index (κ1) is 10.5. The summed E-state index contributed by atoms with van der Waals surface area (Å²) >= 11 is 0. The molecule has 1 heterocycles. The maximum absolute atomic E-state index is 13.0. The molecule has 4 heteroatoms. The van der Waals surface area contributed by atoms with Crippen LogP contribution in [0, 0.1) is 5.82 Å². The predicted molar refractivity (Wildman–Crippen MR) is 58.6 cm³/mol. The van der Waals surface area contributed by atoms with Crippen molar-refractivity contribution in [3.05, 3.63) is 41.8 Å². The van der Waals surface area contributed by atoms with Crippen molar-refractivity contribution in [1.82, 2.24) is 10.2 Å². The van der Waals surface area contributed by atoms with Crippen molar-refractivity contribution in [1.29, 1.82) is 0 Å². The molecule has 0 saturated carbocycles. The minimum absolute atomic E-state index is 0.00449. The molecule has 0 aliphatic carbocycles. The van der Waals surface area contributed by atoms with Crippen LogP contribution in [0.4, 0.5) is 4.39 Å². The van der Waals surface area contributed by atoms with Gasteiger partial charge in [-0.05, 0) is 18.2 Å². The van der Waals surface area contributed by atoms with Crippen LogP contribution in [0.25, 0.3) is 11.3 Å². The number of nitrogens with one attached hydrogen (secondary N) is 1. The first-order valence-corrected chi connectivity index (χ1v) is 5.05. The van der Waals surface area contributed by atoms with Crippen LogP contribution in [0.5, 0.6) is 0 Å². The highest BCUT2D eigenvalue weighted by Crippen LogP contribution is 2.18. The van der Waals surface area contributed by atoms with Gasteiger partial charge in [-0.15, -0.1) is 0 Å². The van der Waals surface area contributed by atoms with Gasteiger partial charge in [-0.25, -0.2) is 4.39 Å². The second kappa shape index (κ2) is 4.26. The van der Waals surface area contributed by atoms with E-state index >= 15 is 0 Å². The molecule has 1 N–H and O–H groups in total. The number of carbonyl (C=O) groups is 1. The van der Waals surface area contributed by atoms with Gasteiger partial charge in [0.05, 0.1) is 5.69 Å². The van der Waals surface area contributed by atoms with Gasteiger partial charge in [0.2, 0.25) is 0 Å². The normalized spacial score (nSPS) is 10.4. The van der Waals surface area contributed by atoms with E-state index in [9.17, 15) is 9.18 Å². The topological polar surface area (TPSA) is 45.8 Å². The smallest absolute Gasteiger partial charge is 0.180 e. The third-order valence-electron chi connectivity index (χ3n) is 2.32. The molecule has 82 valence electrons. The number of halogens is 1. The number of aromatic nitrogens is 2. The minimum atomic E-state index is -0.316. The van der Waals surface area contributed by atoms with Crippen LogP contribution in [-0.4, -0.2) is 16.0 Å². The quantitative estimate of drug-likeness (QED) is 0.805. The third kappa shape index (κ3) is 2.00. The van der Waals surface area contributed by atoms with Gasteiger partial charge in [-0.2, -0.15) is 5.10 Å². The van der Waals surface area contributed by atoms with E-state index < -0.39 is 0 Å². The molecule has 0 aliphatic rings. The van der Waals surface area contributed by atoms with Gasteiger partial charge in [0, 0.05) is 12.0 Å². The highest BCUT2D eigenvalue weighted by molar-refractivity contribution is 5.94. The number of aromatic amines is 1. The molecule has 1 aromatic carbocycles. The average molecular weight is 218 g/mol. The molecule has 0 unspecified atom stereocenters. The Kier molecular flexibility index (Phi) is 2.81. The monoisotopic (exact) mass is 218 g/mol. The molecule has 0 radical (unpaired) electrons. The Labute approximate surface area is 92.3 Å². The van der Waals surface area contributed by atoms with Gasteiger partial charge in [-0.3, -0.25) is 9.89 Å². The van der Waals surface area contributed by atoms with Crippen molar-refractivity contribution in [2.24, 2.45) is 0 Å². The molecule has 2 aromatic rings. The van der Waals surface area contributed by atoms with Gasteiger partial charge in [0.1, 0.15) is 11.5 Å². The molecule has 0 aliphatic heterocycles. The van der Waals surface area contributed by atoms with E-state index in [-0.39, 0.29) is 11.6 Å². The predicted octanol–water partition coefficient (Wildman–Crippen LogP) is 2.81. The Morgan fingerprint density at radius 2 is 2.25 bits per heavy atom. The van der Waals surface area contributed by atoms with E-state index in [1.165, 1.54) is 12.1 Å². The number of H-pyrrole nitrogens is 1. The van der Waals surface area contributed by atoms with Crippen LogP contribution in [0.2, 0.25) is 0 Å². The molecule has 0 spiro atoms. The van der Waals surface area contributed by atoms with Crippen molar-refractivity contribution in [2.45, 2.75) is 13.3 Å². The zero-order valence-electron chi connectivity index (χ0n) is 8.83. The second-order valence-electron chi connectivity index (χ2n) is 3.45. The third-order valence-corrected chi connectivity index (χ3v) is 2.32. The van der Waals surface area contributed by atoms with Crippen LogP contribution in [-0.2, 0) is 0 Å². The maximum Gasteiger partial charge on any atom is 0.180 e. The first-order chi connectivity index (χ1) is 7.70. The molecule has 0 bridgehead atoms. The van der Waals surface area contributed by atoms with Crippen molar-refractivity contribution in [3.8, 4) is 11.3 Å². The Morgan fingerprint density at radius 3 is 2.94 bits per heavy atom. The van der Waals surface area contributed by atoms with Gasteiger partial charge in [0.15, 0.2) is 5.78 Å². The lowest BCUT2D eigenvalue weighted by Gasteiger charge is -1.94. The van der Waals surface area contributed by atoms with Crippen LogP contribution in [0.3, 0.4) is 0 Å². The summed E-state index contributed by atoms with van der Waals surface area (Å²) < 4.78 is 13.0. The van der Waals surface area contributed by atoms with E-state index in [2.05, 4.69) is 10.2 Å². The van der Waals surface area contributed by atoms with Gasteiger partial charge < -0.3 is 0 Å². The van der Waals surface area contributed by atoms with Crippen molar-refractivity contribution < 1.29 is 9.18 Å². The summed E-state index contributed by atoms with van der Waals surface area (Å²) in [5, 5.41) is 6.64. The molecule has 2 rings (SSSR count). The van der Waals surface area contributed by atoms with E-state index in [1.807, 2.05) is 0 Å². The lowest BCUT2D eigenvalue weighted by molar-refractivity contribution is 0.0983. The summed E-state index contributed by atoms with van der Waals surface area (Å²) in [5.41, 5.74) is 1.70. The largest absolute Gasteiger partial charge is 0.292 e. The summed E-state index contributed by atoms with van der Waals surface area (Å²) in [7, 11) is 0. The number of hydrogen-bond acceptors (Lipinski definition) is 2. The molecule has 0 saturated heterocycles. The zero-order valence-corrected chi connectivity index (χ0v) is 8.83. The Bertz CT molecular complexity index is 519. The van der Waals surface area contributed by atoms with E-state index in [0.29, 0.717) is 23.4 Å². The lowest BCUT2D eigenvalue weighted by atomic mass is 10.1. The Hall–Kier alpha value is -1.97. The number of nitrogens with zero attached hydrogens (tertiary/aromatic N) is 1. The zero-order chi connectivity index (χ0) is 11.5. The van der Waals surface area contributed by atoms with E-state index in [0.717, 1.165) is 0 Å². The summed E-state index contributed by atoms with van der Waals surface area (Å²) in [4.78, 5) is 11.4. The summed E-state index contributed by atoms with van der Waals surface area (Å²) in [6.07, 6.45) is 0.421. The molecule has 0 amide bonds. The van der Waals surface area contributed by atoms with Crippen LogP contribution in [0.1, 0.15) is 23.8 Å². The molecule has 0 fully saturated rings. The van der Waals surface area contributed by atoms with Crippen LogP contribution < -0.4 is 0 Å². The van der Waals surface area contributed by atoms with Crippen molar-refractivity contribution in [2.75, 3.05) is 0 Å². The highest BCUT2D eigenvalue weighted by Gasteiger charge is 2.09. The van der Waals surface area contributed by atoms with Crippen molar-refractivity contribution in [3.63, 3.8) is 0 Å². The minimum Gasteiger partial charge on any atom is -0.292 e. The fraction of sp³-hybridized carbons (Fsp3) is 0.167. The highest BCUT2D eigenvalue weighted by atomic mass is 19.1. The van der Waals surface area contributed by atoms with Crippen molar-refractivity contribution >= 4 is 5.78 Å².